The minimum absolute atomic E-state index is 0.112. The molecule has 39 heavy (non-hydrogen) atoms. The van der Waals surface area contributed by atoms with E-state index in [4.69, 9.17) is 4.74 Å². The summed E-state index contributed by atoms with van der Waals surface area (Å²) in [5.74, 6) is -1.61. The van der Waals surface area contributed by atoms with Gasteiger partial charge in [0.05, 0.1) is 23.3 Å². The van der Waals surface area contributed by atoms with E-state index >= 15 is 0 Å². The van der Waals surface area contributed by atoms with Gasteiger partial charge in [0, 0.05) is 57.5 Å². The third-order valence-corrected chi connectivity index (χ3v) is 8.00. The largest absolute Gasteiger partial charge is 0.419 e. The van der Waals surface area contributed by atoms with Gasteiger partial charge in [0.15, 0.2) is 0 Å². The van der Waals surface area contributed by atoms with Crippen molar-refractivity contribution in [3.05, 3.63) is 52.7 Å². The Bertz CT molecular complexity index is 1180. The first-order valence-electron chi connectivity index (χ1n) is 13.4. The zero-order chi connectivity index (χ0) is 27.7. The van der Waals surface area contributed by atoms with Crippen LogP contribution in [0.1, 0.15) is 66.5 Å². The average molecular weight is 552 g/mol. The molecule has 2 saturated heterocycles. The molecule has 2 aromatic rings. The maximum Gasteiger partial charge on any atom is 0.419 e. The first-order valence-corrected chi connectivity index (χ1v) is 13.4. The fourth-order valence-corrected chi connectivity index (χ4v) is 5.83. The number of benzene rings is 1. The SMILES string of the molecule is C[C@@H]1C[C@H](O)c2ncnc(N3CCN(C(=O)[C@H](CNC4CCOCC4)c4ccc(C(F)(F)F)c(F)c4)CC3)c21. The van der Waals surface area contributed by atoms with E-state index in [1.54, 1.807) is 4.90 Å². The Labute approximate surface area is 224 Å². The fourth-order valence-electron chi connectivity index (χ4n) is 5.83. The molecule has 12 heteroatoms. The Morgan fingerprint density at radius 2 is 1.90 bits per heavy atom. The topological polar surface area (TPSA) is 90.8 Å². The number of rotatable bonds is 6. The second kappa shape index (κ2) is 11.3. The van der Waals surface area contributed by atoms with E-state index in [0.717, 1.165) is 30.3 Å². The van der Waals surface area contributed by atoms with Crippen molar-refractivity contribution in [1.29, 1.82) is 0 Å². The van der Waals surface area contributed by atoms with Crippen molar-refractivity contribution in [2.75, 3.05) is 50.8 Å². The number of halogens is 4. The lowest BCUT2D eigenvalue weighted by Crippen LogP contribution is -2.52. The molecule has 3 atom stereocenters. The van der Waals surface area contributed by atoms with Crippen LogP contribution < -0.4 is 10.2 Å². The van der Waals surface area contributed by atoms with E-state index < -0.39 is 29.6 Å². The van der Waals surface area contributed by atoms with E-state index in [1.807, 2.05) is 6.92 Å². The first-order chi connectivity index (χ1) is 18.6. The second-order valence-corrected chi connectivity index (χ2v) is 10.5. The normalized spacial score (nSPS) is 23.1. The molecule has 8 nitrogen and oxygen atoms in total. The van der Waals surface area contributed by atoms with Gasteiger partial charge in [0.2, 0.25) is 5.91 Å². The van der Waals surface area contributed by atoms with E-state index in [9.17, 15) is 27.5 Å². The summed E-state index contributed by atoms with van der Waals surface area (Å²) in [6.45, 7) is 5.16. The molecule has 0 spiro atoms. The summed E-state index contributed by atoms with van der Waals surface area (Å²) in [4.78, 5) is 26.2. The Hall–Kier alpha value is -2.83. The van der Waals surface area contributed by atoms with Crippen molar-refractivity contribution in [2.24, 2.45) is 0 Å². The molecule has 1 aliphatic carbocycles. The minimum atomic E-state index is -4.81. The van der Waals surface area contributed by atoms with Crippen molar-refractivity contribution in [1.82, 2.24) is 20.2 Å². The highest BCUT2D eigenvalue weighted by Crippen LogP contribution is 2.43. The molecular weight excluding hydrogens is 518 g/mol. The van der Waals surface area contributed by atoms with Gasteiger partial charge in [-0.25, -0.2) is 14.4 Å². The number of aromatic nitrogens is 2. The van der Waals surface area contributed by atoms with Crippen LogP contribution >= 0.6 is 0 Å². The van der Waals surface area contributed by atoms with Crippen LogP contribution in [-0.4, -0.2) is 77.9 Å². The molecule has 1 aromatic carbocycles. The lowest BCUT2D eigenvalue weighted by atomic mass is 9.94. The predicted octanol–water partition coefficient (Wildman–Crippen LogP) is 3.38. The molecule has 2 aliphatic heterocycles. The maximum atomic E-state index is 14.5. The Balaban J connectivity index is 1.32. The van der Waals surface area contributed by atoms with Crippen LogP contribution in [0.15, 0.2) is 24.5 Å². The molecule has 5 rings (SSSR count). The van der Waals surface area contributed by atoms with Gasteiger partial charge in [-0.1, -0.05) is 13.0 Å². The van der Waals surface area contributed by atoms with Gasteiger partial charge in [-0.2, -0.15) is 13.2 Å². The molecule has 3 heterocycles. The summed E-state index contributed by atoms with van der Waals surface area (Å²) in [6.07, 6.45) is -1.87. The number of nitrogens with one attached hydrogen (secondary N) is 1. The Morgan fingerprint density at radius 1 is 1.18 bits per heavy atom. The van der Waals surface area contributed by atoms with Crippen LogP contribution in [0, 0.1) is 5.82 Å². The number of carbonyl (C=O) groups excluding carboxylic acids is 1. The number of piperazine rings is 1. The number of hydrogen-bond donors (Lipinski definition) is 2. The number of carbonyl (C=O) groups is 1. The molecule has 0 unspecified atom stereocenters. The minimum Gasteiger partial charge on any atom is -0.387 e. The zero-order valence-electron chi connectivity index (χ0n) is 21.8. The molecule has 2 N–H and O–H groups in total. The van der Waals surface area contributed by atoms with Crippen molar-refractivity contribution >= 4 is 11.7 Å². The van der Waals surface area contributed by atoms with Crippen LogP contribution in [0.5, 0.6) is 0 Å². The maximum absolute atomic E-state index is 14.5. The molecule has 0 radical (unpaired) electrons. The van der Waals surface area contributed by atoms with Gasteiger partial charge in [-0.05, 0) is 42.9 Å². The summed E-state index contributed by atoms with van der Waals surface area (Å²) in [6, 6.07) is 2.86. The highest BCUT2D eigenvalue weighted by molar-refractivity contribution is 5.84. The summed E-state index contributed by atoms with van der Waals surface area (Å²) >= 11 is 0. The van der Waals surface area contributed by atoms with E-state index in [1.165, 1.54) is 12.4 Å². The Morgan fingerprint density at radius 3 is 2.56 bits per heavy atom. The summed E-state index contributed by atoms with van der Waals surface area (Å²) in [7, 11) is 0. The molecule has 2 fully saturated rings. The van der Waals surface area contributed by atoms with Crippen LogP contribution in [0.3, 0.4) is 0 Å². The number of alkyl halides is 3. The van der Waals surface area contributed by atoms with Gasteiger partial charge in [-0.15, -0.1) is 0 Å². The standard InChI is InChI=1S/C27H33F4N5O3/c1-16-12-22(37)24-23(16)25(34-15-33-24)35-6-8-36(9-7-35)26(38)19(14-32-18-4-10-39-11-5-18)17-2-3-20(21(28)13-17)27(29,30)31/h2-3,13,15-16,18-19,22,32,37H,4-12,14H2,1H3/t16-,19-,22+/m1/s1. The third kappa shape index (κ3) is 5.87. The van der Waals surface area contributed by atoms with Crippen LogP contribution in [0.4, 0.5) is 23.4 Å². The molecule has 212 valence electrons. The zero-order valence-corrected chi connectivity index (χ0v) is 21.8. The number of aliphatic hydroxyl groups is 1. The van der Waals surface area contributed by atoms with Crippen LogP contribution in [0.2, 0.25) is 0 Å². The molecule has 1 amide bonds. The monoisotopic (exact) mass is 551 g/mol. The quantitative estimate of drug-likeness (QED) is 0.532. The lowest BCUT2D eigenvalue weighted by Gasteiger charge is -2.38. The van der Waals surface area contributed by atoms with Gasteiger partial charge < -0.3 is 25.0 Å². The van der Waals surface area contributed by atoms with E-state index in [-0.39, 0.29) is 30.0 Å². The number of nitrogens with zero attached hydrogens (tertiary/aromatic N) is 4. The summed E-state index contributed by atoms with van der Waals surface area (Å²) in [5, 5.41) is 13.7. The lowest BCUT2D eigenvalue weighted by molar-refractivity contribution is -0.140. The first kappa shape index (κ1) is 27.7. The van der Waals surface area contributed by atoms with Crippen molar-refractivity contribution < 1.29 is 32.2 Å². The van der Waals surface area contributed by atoms with Crippen molar-refractivity contribution in [2.45, 2.75) is 56.3 Å². The average Bonchev–Trinajstić information content (AvgIpc) is 3.22. The van der Waals surface area contributed by atoms with E-state index in [0.29, 0.717) is 57.6 Å². The second-order valence-electron chi connectivity index (χ2n) is 10.5. The molecule has 3 aliphatic rings. The molecule has 0 saturated carbocycles. The summed E-state index contributed by atoms with van der Waals surface area (Å²) in [5.41, 5.74) is 0.447. The van der Waals surface area contributed by atoms with E-state index in [2.05, 4.69) is 20.2 Å². The van der Waals surface area contributed by atoms with Gasteiger partial charge in [-0.3, -0.25) is 4.79 Å². The third-order valence-electron chi connectivity index (χ3n) is 8.00. The highest BCUT2D eigenvalue weighted by Gasteiger charge is 2.37. The van der Waals surface area contributed by atoms with Crippen molar-refractivity contribution in [3.8, 4) is 0 Å². The van der Waals surface area contributed by atoms with Crippen LogP contribution in [0.25, 0.3) is 0 Å². The molecular formula is C27H33F4N5O3. The van der Waals surface area contributed by atoms with Gasteiger partial charge >= 0.3 is 6.18 Å². The number of amides is 1. The number of aliphatic hydroxyl groups excluding tert-OH is 1. The van der Waals surface area contributed by atoms with Crippen LogP contribution in [-0.2, 0) is 15.7 Å². The fraction of sp³-hybridized carbons (Fsp3) is 0.593. The Kier molecular flexibility index (Phi) is 8.06. The summed E-state index contributed by atoms with van der Waals surface area (Å²) < 4.78 is 59.4. The molecule has 0 bridgehead atoms. The highest BCUT2D eigenvalue weighted by atomic mass is 19.4. The number of fused-ring (bicyclic) bond motifs is 1. The predicted molar refractivity (Wildman–Crippen MR) is 135 cm³/mol. The van der Waals surface area contributed by atoms with Crippen molar-refractivity contribution in [3.63, 3.8) is 0 Å². The van der Waals surface area contributed by atoms with Gasteiger partial charge in [0.1, 0.15) is 18.0 Å². The smallest absolute Gasteiger partial charge is 0.387 e. The number of hydrogen-bond acceptors (Lipinski definition) is 7. The number of ether oxygens (including phenoxy) is 1. The molecule has 1 aromatic heterocycles. The number of anilines is 1. The van der Waals surface area contributed by atoms with Gasteiger partial charge in [0.25, 0.3) is 0 Å².